The third-order valence-corrected chi connectivity index (χ3v) is 9.18. The van der Waals surface area contributed by atoms with Gasteiger partial charge in [-0.3, -0.25) is 9.59 Å². The van der Waals surface area contributed by atoms with Crippen LogP contribution in [0.15, 0.2) is 77.7 Å². The van der Waals surface area contributed by atoms with E-state index in [9.17, 15) is 14.4 Å². The normalized spacial score (nSPS) is 12.3. The molecule has 1 heterocycles. The van der Waals surface area contributed by atoms with Crippen LogP contribution in [0, 0.1) is 0 Å². The van der Waals surface area contributed by atoms with Crippen molar-refractivity contribution in [3.8, 4) is 0 Å². The Balaban J connectivity index is 1.27. The summed E-state index contributed by atoms with van der Waals surface area (Å²) in [5.41, 5.74) is 5.74. The Bertz CT molecular complexity index is 1560. The molecule has 0 unspecified atom stereocenters. The number of anilines is 2. The van der Waals surface area contributed by atoms with E-state index in [4.69, 9.17) is 4.74 Å². The Morgan fingerprint density at radius 2 is 1.51 bits per heavy atom. The fraction of sp³-hybridized carbons (Fsp3) is 0.242. The van der Waals surface area contributed by atoms with Gasteiger partial charge in [0.15, 0.2) is 0 Å². The third kappa shape index (κ3) is 6.89. The molecule has 2 amide bonds. The SMILES string of the molecule is COC(=O)c1ccc(CCc2ccc(NC(=O)c3c(NC(=O)c4cccc(SC)c4)sc4c3CCCC4)cc2)cc1. The second-order valence-corrected chi connectivity index (χ2v) is 11.9. The quantitative estimate of drug-likeness (QED) is 0.158. The topological polar surface area (TPSA) is 84.5 Å². The molecule has 1 aliphatic carbocycles. The number of hydrogen-bond acceptors (Lipinski definition) is 6. The van der Waals surface area contributed by atoms with Gasteiger partial charge in [0.2, 0.25) is 0 Å². The Kier molecular flexibility index (Phi) is 9.21. The minimum absolute atomic E-state index is 0.198. The van der Waals surface area contributed by atoms with Gasteiger partial charge in [0.05, 0.1) is 18.2 Å². The molecule has 0 atom stereocenters. The Labute approximate surface area is 248 Å². The Morgan fingerprint density at radius 3 is 2.20 bits per heavy atom. The molecule has 0 bridgehead atoms. The molecule has 0 radical (unpaired) electrons. The largest absolute Gasteiger partial charge is 0.465 e. The van der Waals surface area contributed by atoms with E-state index in [-0.39, 0.29) is 17.8 Å². The first kappa shape index (κ1) is 28.6. The number of carbonyl (C=O) groups is 3. The zero-order valence-corrected chi connectivity index (χ0v) is 24.8. The summed E-state index contributed by atoms with van der Waals surface area (Å²) in [6.45, 7) is 0. The maximum absolute atomic E-state index is 13.6. The van der Waals surface area contributed by atoms with Gasteiger partial charge in [-0.1, -0.05) is 30.3 Å². The lowest BCUT2D eigenvalue weighted by Crippen LogP contribution is -2.18. The highest BCUT2D eigenvalue weighted by atomic mass is 32.2. The van der Waals surface area contributed by atoms with E-state index in [0.717, 1.165) is 60.1 Å². The molecule has 0 aliphatic heterocycles. The number of carbonyl (C=O) groups excluding carboxylic acids is 3. The summed E-state index contributed by atoms with van der Waals surface area (Å²) < 4.78 is 4.76. The summed E-state index contributed by atoms with van der Waals surface area (Å²) in [4.78, 5) is 40.5. The van der Waals surface area contributed by atoms with E-state index in [2.05, 4.69) is 10.6 Å². The Morgan fingerprint density at radius 1 is 0.829 bits per heavy atom. The van der Waals surface area contributed by atoms with Crippen molar-refractivity contribution >= 4 is 51.6 Å². The maximum atomic E-state index is 13.6. The van der Waals surface area contributed by atoms with E-state index in [0.29, 0.717) is 27.4 Å². The highest BCUT2D eigenvalue weighted by Crippen LogP contribution is 2.39. The van der Waals surface area contributed by atoms with E-state index in [1.165, 1.54) is 23.3 Å². The van der Waals surface area contributed by atoms with Gasteiger partial charge in [-0.05, 0) is 104 Å². The number of methoxy groups -OCH3 is 1. The predicted molar refractivity (Wildman–Crippen MR) is 167 cm³/mol. The number of nitrogens with one attached hydrogen (secondary N) is 2. The van der Waals surface area contributed by atoms with Gasteiger partial charge in [0.1, 0.15) is 5.00 Å². The van der Waals surface area contributed by atoms with Gasteiger partial charge >= 0.3 is 5.97 Å². The molecule has 0 fully saturated rings. The van der Waals surface area contributed by atoms with Crippen LogP contribution in [0.2, 0.25) is 0 Å². The van der Waals surface area contributed by atoms with Crippen LogP contribution >= 0.6 is 23.1 Å². The maximum Gasteiger partial charge on any atom is 0.337 e. The highest BCUT2D eigenvalue weighted by Gasteiger charge is 2.27. The minimum Gasteiger partial charge on any atom is -0.465 e. The predicted octanol–water partition coefficient (Wildman–Crippen LogP) is 7.43. The number of rotatable bonds is 9. The number of thiophene rings is 1. The van der Waals surface area contributed by atoms with E-state index in [1.54, 1.807) is 30.0 Å². The summed E-state index contributed by atoms with van der Waals surface area (Å²) >= 11 is 3.11. The van der Waals surface area contributed by atoms with E-state index < -0.39 is 0 Å². The van der Waals surface area contributed by atoms with Crippen LogP contribution in [-0.4, -0.2) is 31.1 Å². The van der Waals surface area contributed by atoms with Crippen LogP contribution in [0.4, 0.5) is 10.7 Å². The molecule has 3 aromatic carbocycles. The van der Waals surface area contributed by atoms with Crippen molar-refractivity contribution in [2.24, 2.45) is 0 Å². The van der Waals surface area contributed by atoms with Crippen molar-refractivity contribution in [3.63, 3.8) is 0 Å². The second-order valence-electron chi connectivity index (χ2n) is 9.94. The first-order chi connectivity index (χ1) is 19.9. The first-order valence-electron chi connectivity index (χ1n) is 13.6. The molecular weight excluding hydrogens is 553 g/mol. The monoisotopic (exact) mass is 584 g/mol. The zero-order chi connectivity index (χ0) is 28.8. The first-order valence-corrected chi connectivity index (χ1v) is 15.7. The van der Waals surface area contributed by atoms with Crippen molar-refractivity contribution in [1.82, 2.24) is 0 Å². The number of hydrogen-bond donors (Lipinski definition) is 2. The number of aryl methyl sites for hydroxylation is 3. The average Bonchev–Trinajstić information content (AvgIpc) is 3.38. The lowest BCUT2D eigenvalue weighted by molar-refractivity contribution is 0.0600. The van der Waals surface area contributed by atoms with Crippen LogP contribution in [0.25, 0.3) is 0 Å². The van der Waals surface area contributed by atoms with Crippen LogP contribution in [0.3, 0.4) is 0 Å². The van der Waals surface area contributed by atoms with E-state index in [1.807, 2.05) is 60.9 Å². The van der Waals surface area contributed by atoms with Crippen LogP contribution in [-0.2, 0) is 30.4 Å². The van der Waals surface area contributed by atoms with Gasteiger partial charge in [-0.25, -0.2) is 4.79 Å². The van der Waals surface area contributed by atoms with E-state index >= 15 is 0 Å². The lowest BCUT2D eigenvalue weighted by Gasteiger charge is -2.14. The average molecular weight is 585 g/mol. The zero-order valence-electron chi connectivity index (χ0n) is 23.1. The number of benzene rings is 3. The number of fused-ring (bicyclic) bond motifs is 1. The number of esters is 1. The molecule has 0 spiro atoms. The lowest BCUT2D eigenvalue weighted by atomic mass is 9.95. The molecule has 1 aromatic heterocycles. The molecule has 2 N–H and O–H groups in total. The van der Waals surface area contributed by atoms with Crippen LogP contribution in [0.1, 0.15) is 65.5 Å². The summed E-state index contributed by atoms with van der Waals surface area (Å²) in [6, 6.07) is 22.8. The summed E-state index contributed by atoms with van der Waals surface area (Å²) in [7, 11) is 1.38. The van der Waals surface area contributed by atoms with Gasteiger partial charge in [0, 0.05) is 21.0 Å². The molecule has 0 saturated heterocycles. The molecule has 210 valence electrons. The summed E-state index contributed by atoms with van der Waals surface area (Å²) in [5.74, 6) is -0.749. The van der Waals surface area contributed by atoms with Crippen LogP contribution in [0.5, 0.6) is 0 Å². The Hall–Kier alpha value is -3.88. The van der Waals surface area contributed by atoms with Gasteiger partial charge in [-0.2, -0.15) is 0 Å². The van der Waals surface area contributed by atoms with Crippen molar-refractivity contribution in [1.29, 1.82) is 0 Å². The van der Waals surface area contributed by atoms with Crippen molar-refractivity contribution in [3.05, 3.63) is 111 Å². The molecule has 6 nitrogen and oxygen atoms in total. The van der Waals surface area contributed by atoms with Crippen molar-refractivity contribution in [2.45, 2.75) is 43.4 Å². The fourth-order valence-electron chi connectivity index (χ4n) is 5.00. The van der Waals surface area contributed by atoms with Gasteiger partial charge < -0.3 is 15.4 Å². The summed E-state index contributed by atoms with van der Waals surface area (Å²) in [6.07, 6.45) is 7.53. The standard InChI is InChI=1S/C33H32N2O4S2/c1-39-33(38)23-16-12-21(13-17-23)10-11-22-14-18-25(19-15-22)34-31(37)29-27-8-3-4-9-28(27)41-32(29)35-30(36)24-6-5-7-26(20-24)40-2/h5-7,12-20H,3-4,8-11H2,1-2H3,(H,34,37)(H,35,36). The number of amides is 2. The minimum atomic E-state index is -0.340. The second kappa shape index (κ2) is 13.2. The summed E-state index contributed by atoms with van der Waals surface area (Å²) in [5, 5.41) is 6.71. The molecule has 0 saturated carbocycles. The van der Waals surface area contributed by atoms with Crippen molar-refractivity contribution < 1.29 is 19.1 Å². The number of ether oxygens (including phenoxy) is 1. The van der Waals surface area contributed by atoms with Gasteiger partial charge in [0.25, 0.3) is 11.8 Å². The highest BCUT2D eigenvalue weighted by molar-refractivity contribution is 7.98. The van der Waals surface area contributed by atoms with Crippen molar-refractivity contribution in [2.75, 3.05) is 24.0 Å². The number of thioether (sulfide) groups is 1. The smallest absolute Gasteiger partial charge is 0.337 e. The third-order valence-electron chi connectivity index (χ3n) is 7.25. The molecular formula is C33H32N2O4S2. The van der Waals surface area contributed by atoms with Crippen LogP contribution < -0.4 is 10.6 Å². The molecule has 41 heavy (non-hydrogen) atoms. The molecule has 5 rings (SSSR count). The van der Waals surface area contributed by atoms with Gasteiger partial charge in [-0.15, -0.1) is 23.1 Å². The molecule has 4 aromatic rings. The fourth-order valence-corrected chi connectivity index (χ4v) is 6.74. The molecule has 8 heteroatoms. The molecule has 1 aliphatic rings.